The van der Waals surface area contributed by atoms with Gasteiger partial charge >= 0.3 is 0 Å². The van der Waals surface area contributed by atoms with Crippen molar-refractivity contribution in [1.82, 2.24) is 14.8 Å². The molecule has 0 saturated heterocycles. The molecule has 4 aromatic rings. The minimum atomic E-state index is -0.146. The molecular weight excluding hydrogens is 464 g/mol. The Bertz CT molecular complexity index is 1260. The first-order valence-corrected chi connectivity index (χ1v) is 12.0. The number of methoxy groups -OCH3 is 2. The zero-order valence-electron chi connectivity index (χ0n) is 19.7. The Kier molecular flexibility index (Phi) is 7.89. The number of rotatable bonds is 10. The number of anilines is 1. The largest absolute Gasteiger partial charge is 0.497 e. The fraction of sp³-hybridized carbons (Fsp3) is 0.192. The van der Waals surface area contributed by atoms with Gasteiger partial charge in [-0.15, -0.1) is 10.2 Å². The topological polar surface area (TPSA) is 87.5 Å². The van der Waals surface area contributed by atoms with E-state index in [0.29, 0.717) is 23.3 Å². The van der Waals surface area contributed by atoms with Crippen LogP contribution in [0.1, 0.15) is 6.92 Å². The summed E-state index contributed by atoms with van der Waals surface area (Å²) in [6.45, 7) is 2.54. The van der Waals surface area contributed by atoms with Crippen LogP contribution in [0.5, 0.6) is 17.2 Å². The molecule has 1 N–H and O–H groups in total. The number of aromatic nitrogens is 3. The van der Waals surface area contributed by atoms with Crippen molar-refractivity contribution in [1.29, 1.82) is 0 Å². The van der Waals surface area contributed by atoms with Gasteiger partial charge in [-0.1, -0.05) is 11.8 Å². The Morgan fingerprint density at radius 3 is 2.06 bits per heavy atom. The van der Waals surface area contributed by atoms with Gasteiger partial charge in [-0.25, -0.2) is 0 Å². The second kappa shape index (κ2) is 11.4. The predicted octanol–water partition coefficient (Wildman–Crippen LogP) is 5.08. The molecule has 0 aliphatic heterocycles. The number of thioether (sulfide) groups is 1. The third-order valence-corrected chi connectivity index (χ3v) is 6.02. The molecule has 1 aromatic heterocycles. The van der Waals surface area contributed by atoms with E-state index in [1.54, 1.807) is 38.5 Å². The van der Waals surface area contributed by atoms with Crippen LogP contribution in [0.2, 0.25) is 0 Å². The fourth-order valence-corrected chi connectivity index (χ4v) is 4.13. The molecule has 0 saturated carbocycles. The van der Waals surface area contributed by atoms with Crippen molar-refractivity contribution in [3.05, 3.63) is 72.8 Å². The van der Waals surface area contributed by atoms with Crippen LogP contribution in [0.4, 0.5) is 5.69 Å². The van der Waals surface area contributed by atoms with Gasteiger partial charge in [0.25, 0.3) is 0 Å². The fourth-order valence-electron chi connectivity index (χ4n) is 3.38. The van der Waals surface area contributed by atoms with Crippen LogP contribution in [-0.2, 0) is 4.79 Å². The highest BCUT2D eigenvalue weighted by Crippen LogP contribution is 2.30. The predicted molar refractivity (Wildman–Crippen MR) is 137 cm³/mol. The monoisotopic (exact) mass is 490 g/mol. The molecule has 0 bridgehead atoms. The summed E-state index contributed by atoms with van der Waals surface area (Å²) in [4.78, 5) is 12.6. The third kappa shape index (κ3) is 5.93. The van der Waals surface area contributed by atoms with Gasteiger partial charge in [0.1, 0.15) is 17.2 Å². The zero-order chi connectivity index (χ0) is 24.6. The Morgan fingerprint density at radius 1 is 0.857 bits per heavy atom. The highest BCUT2D eigenvalue weighted by atomic mass is 32.2. The van der Waals surface area contributed by atoms with E-state index in [9.17, 15) is 4.79 Å². The van der Waals surface area contributed by atoms with E-state index in [4.69, 9.17) is 14.2 Å². The second-order valence-corrected chi connectivity index (χ2v) is 8.30. The minimum Gasteiger partial charge on any atom is -0.497 e. The van der Waals surface area contributed by atoms with Gasteiger partial charge in [-0.2, -0.15) is 0 Å². The van der Waals surface area contributed by atoms with E-state index in [-0.39, 0.29) is 11.7 Å². The molecule has 0 unspecified atom stereocenters. The van der Waals surface area contributed by atoms with Crippen LogP contribution in [0.25, 0.3) is 17.1 Å². The standard InChI is InChI=1S/C26H26N4O4S/c1-4-34-23-15-9-20(10-16-23)30-25(18-5-11-21(32-2)12-6-18)28-29-26(30)35-17-24(31)27-19-7-13-22(33-3)14-8-19/h5-16H,4,17H2,1-3H3,(H,27,31). The van der Waals surface area contributed by atoms with Gasteiger partial charge in [0.2, 0.25) is 5.91 Å². The summed E-state index contributed by atoms with van der Waals surface area (Å²) >= 11 is 1.31. The van der Waals surface area contributed by atoms with E-state index in [0.717, 1.165) is 28.5 Å². The molecule has 4 rings (SSSR count). The van der Waals surface area contributed by atoms with Crippen LogP contribution < -0.4 is 19.5 Å². The number of nitrogens with one attached hydrogen (secondary N) is 1. The van der Waals surface area contributed by atoms with Gasteiger partial charge in [0.05, 0.1) is 26.6 Å². The summed E-state index contributed by atoms with van der Waals surface area (Å²) in [6, 6.07) is 22.5. The molecule has 1 heterocycles. The van der Waals surface area contributed by atoms with Crippen LogP contribution in [0.3, 0.4) is 0 Å². The molecular formula is C26H26N4O4S. The molecule has 0 aliphatic carbocycles. The average Bonchev–Trinajstić information content (AvgIpc) is 3.32. The van der Waals surface area contributed by atoms with Gasteiger partial charge in [-0.05, 0) is 79.7 Å². The Balaban J connectivity index is 1.57. The lowest BCUT2D eigenvalue weighted by Crippen LogP contribution is -2.14. The summed E-state index contributed by atoms with van der Waals surface area (Å²) in [7, 11) is 3.23. The maximum absolute atomic E-state index is 12.6. The lowest BCUT2D eigenvalue weighted by Gasteiger charge is -2.12. The van der Waals surface area contributed by atoms with E-state index >= 15 is 0 Å². The van der Waals surface area contributed by atoms with Gasteiger partial charge in [0.15, 0.2) is 11.0 Å². The minimum absolute atomic E-state index is 0.146. The van der Waals surface area contributed by atoms with Crippen molar-refractivity contribution < 1.29 is 19.0 Å². The summed E-state index contributed by atoms with van der Waals surface area (Å²) in [6.07, 6.45) is 0. The SMILES string of the molecule is CCOc1ccc(-n2c(SCC(=O)Nc3ccc(OC)cc3)nnc2-c2ccc(OC)cc2)cc1. The average molecular weight is 491 g/mol. The first kappa shape index (κ1) is 24.2. The van der Waals surface area contributed by atoms with Crippen molar-refractivity contribution in [2.45, 2.75) is 12.1 Å². The Morgan fingerprint density at radius 2 is 1.46 bits per heavy atom. The van der Waals surface area contributed by atoms with E-state index in [1.165, 1.54) is 11.8 Å². The van der Waals surface area contributed by atoms with Crippen LogP contribution >= 0.6 is 11.8 Å². The molecule has 0 fully saturated rings. The molecule has 35 heavy (non-hydrogen) atoms. The first-order chi connectivity index (χ1) is 17.1. The lowest BCUT2D eigenvalue weighted by molar-refractivity contribution is -0.113. The molecule has 1 amide bonds. The second-order valence-electron chi connectivity index (χ2n) is 7.36. The van der Waals surface area contributed by atoms with Crippen molar-refractivity contribution in [2.75, 3.05) is 31.9 Å². The molecule has 0 radical (unpaired) electrons. The van der Waals surface area contributed by atoms with E-state index < -0.39 is 0 Å². The maximum atomic E-state index is 12.6. The molecule has 0 aliphatic rings. The number of hydrogen-bond donors (Lipinski definition) is 1. The maximum Gasteiger partial charge on any atom is 0.234 e. The van der Waals surface area contributed by atoms with Gasteiger partial charge < -0.3 is 19.5 Å². The smallest absolute Gasteiger partial charge is 0.234 e. The van der Waals surface area contributed by atoms with Gasteiger partial charge in [0, 0.05) is 16.9 Å². The van der Waals surface area contributed by atoms with Crippen molar-refractivity contribution in [2.24, 2.45) is 0 Å². The van der Waals surface area contributed by atoms with Crippen molar-refractivity contribution in [3.8, 4) is 34.3 Å². The third-order valence-electron chi connectivity index (χ3n) is 5.09. The number of hydrogen-bond acceptors (Lipinski definition) is 7. The summed E-state index contributed by atoms with van der Waals surface area (Å²) in [5.74, 6) is 2.95. The normalized spacial score (nSPS) is 10.6. The quantitative estimate of drug-likeness (QED) is 0.310. The Hall–Kier alpha value is -3.98. The molecule has 0 spiro atoms. The summed E-state index contributed by atoms with van der Waals surface area (Å²) in [5, 5.41) is 12.3. The highest BCUT2D eigenvalue weighted by Gasteiger charge is 2.18. The molecule has 0 atom stereocenters. The van der Waals surface area contributed by atoms with Crippen LogP contribution in [0, 0.1) is 0 Å². The zero-order valence-corrected chi connectivity index (χ0v) is 20.5. The van der Waals surface area contributed by atoms with Crippen molar-refractivity contribution in [3.63, 3.8) is 0 Å². The number of ether oxygens (including phenoxy) is 3. The van der Waals surface area contributed by atoms with Crippen molar-refractivity contribution >= 4 is 23.4 Å². The summed E-state index contributed by atoms with van der Waals surface area (Å²) in [5.41, 5.74) is 2.44. The number of carbonyl (C=O) groups is 1. The number of nitrogens with zero attached hydrogens (tertiary/aromatic N) is 3. The first-order valence-electron chi connectivity index (χ1n) is 11.0. The lowest BCUT2D eigenvalue weighted by atomic mass is 10.2. The Labute approximate surface area is 208 Å². The summed E-state index contributed by atoms with van der Waals surface area (Å²) < 4.78 is 17.9. The van der Waals surface area contributed by atoms with Crippen LogP contribution in [0.15, 0.2) is 78.0 Å². The number of carbonyl (C=O) groups excluding carboxylic acids is 1. The van der Waals surface area contributed by atoms with Crippen LogP contribution in [-0.4, -0.2) is 47.3 Å². The molecule has 8 nitrogen and oxygen atoms in total. The molecule has 180 valence electrons. The number of amides is 1. The highest BCUT2D eigenvalue weighted by molar-refractivity contribution is 7.99. The molecule has 9 heteroatoms. The molecule has 3 aromatic carbocycles. The van der Waals surface area contributed by atoms with E-state index in [2.05, 4.69) is 15.5 Å². The number of benzene rings is 3. The van der Waals surface area contributed by atoms with E-state index in [1.807, 2.05) is 60.0 Å². The van der Waals surface area contributed by atoms with Gasteiger partial charge in [-0.3, -0.25) is 9.36 Å².